The number of hydrogen-bond donors (Lipinski definition) is 0. The van der Waals surface area contributed by atoms with Gasteiger partial charge in [0.05, 0.1) is 0 Å². The number of allylic oxidation sites excluding steroid dienone is 1. The van der Waals surface area contributed by atoms with Crippen molar-refractivity contribution in [1.82, 2.24) is 0 Å². The van der Waals surface area contributed by atoms with Gasteiger partial charge >= 0.3 is 0 Å². The standard InChI is InChI=1S/C12H20O3/c1-4-15-12(5-7-14-8-6-12)11(13)9-10(2)3/h9H,4-8H2,1-3H3. The van der Waals surface area contributed by atoms with Crippen LogP contribution in [0.3, 0.4) is 0 Å². The first-order valence-corrected chi connectivity index (χ1v) is 5.52. The lowest BCUT2D eigenvalue weighted by Gasteiger charge is -2.34. The van der Waals surface area contributed by atoms with Crippen LogP contribution in [0.25, 0.3) is 0 Å². The Morgan fingerprint density at radius 2 is 2.00 bits per heavy atom. The average Bonchev–Trinajstić information content (AvgIpc) is 2.18. The summed E-state index contributed by atoms with van der Waals surface area (Å²) in [5, 5.41) is 0. The molecule has 0 aliphatic carbocycles. The van der Waals surface area contributed by atoms with Crippen LogP contribution in [0.1, 0.15) is 33.6 Å². The molecule has 0 unspecified atom stereocenters. The van der Waals surface area contributed by atoms with Crippen LogP contribution < -0.4 is 0 Å². The highest BCUT2D eigenvalue weighted by Crippen LogP contribution is 2.27. The molecular weight excluding hydrogens is 192 g/mol. The Kier molecular flexibility index (Phi) is 4.48. The molecule has 1 heterocycles. The van der Waals surface area contributed by atoms with Crippen LogP contribution >= 0.6 is 0 Å². The van der Waals surface area contributed by atoms with E-state index in [-0.39, 0.29) is 5.78 Å². The highest BCUT2D eigenvalue weighted by atomic mass is 16.5. The van der Waals surface area contributed by atoms with Crippen LogP contribution in [0.4, 0.5) is 0 Å². The summed E-state index contributed by atoms with van der Waals surface area (Å²) in [6.07, 6.45) is 3.02. The molecule has 15 heavy (non-hydrogen) atoms. The predicted molar refractivity (Wildman–Crippen MR) is 58.8 cm³/mol. The molecule has 3 nitrogen and oxygen atoms in total. The van der Waals surface area contributed by atoms with E-state index in [1.807, 2.05) is 20.8 Å². The van der Waals surface area contributed by atoms with Gasteiger partial charge in [-0.3, -0.25) is 4.79 Å². The second-order valence-electron chi connectivity index (χ2n) is 4.13. The van der Waals surface area contributed by atoms with E-state index >= 15 is 0 Å². The van der Waals surface area contributed by atoms with Gasteiger partial charge in [-0.1, -0.05) is 5.57 Å². The van der Waals surface area contributed by atoms with Crippen molar-refractivity contribution in [3.8, 4) is 0 Å². The van der Waals surface area contributed by atoms with E-state index in [0.717, 1.165) is 5.57 Å². The third-order valence-corrected chi connectivity index (χ3v) is 2.59. The summed E-state index contributed by atoms with van der Waals surface area (Å²) in [7, 11) is 0. The van der Waals surface area contributed by atoms with E-state index in [2.05, 4.69) is 0 Å². The fraction of sp³-hybridized carbons (Fsp3) is 0.750. The quantitative estimate of drug-likeness (QED) is 0.669. The molecule has 1 rings (SSSR count). The van der Waals surface area contributed by atoms with Crippen molar-refractivity contribution in [3.63, 3.8) is 0 Å². The van der Waals surface area contributed by atoms with Gasteiger partial charge in [-0.15, -0.1) is 0 Å². The predicted octanol–water partition coefficient (Wildman–Crippen LogP) is 2.11. The lowest BCUT2D eigenvalue weighted by molar-refractivity contribution is -0.152. The molecule has 1 aliphatic rings. The number of carbonyl (C=O) groups excluding carboxylic acids is 1. The monoisotopic (exact) mass is 212 g/mol. The minimum absolute atomic E-state index is 0.0904. The second-order valence-corrected chi connectivity index (χ2v) is 4.13. The number of ether oxygens (including phenoxy) is 2. The van der Waals surface area contributed by atoms with Crippen molar-refractivity contribution >= 4 is 5.78 Å². The highest BCUT2D eigenvalue weighted by Gasteiger charge is 2.39. The van der Waals surface area contributed by atoms with E-state index in [0.29, 0.717) is 32.7 Å². The highest BCUT2D eigenvalue weighted by molar-refractivity contribution is 5.97. The Labute approximate surface area is 91.4 Å². The van der Waals surface area contributed by atoms with Crippen LogP contribution in [0.15, 0.2) is 11.6 Å². The molecule has 3 heteroatoms. The summed E-state index contributed by atoms with van der Waals surface area (Å²) >= 11 is 0. The molecule has 0 aromatic carbocycles. The van der Waals surface area contributed by atoms with Crippen molar-refractivity contribution in [3.05, 3.63) is 11.6 Å². The Balaban J connectivity index is 2.79. The first-order valence-electron chi connectivity index (χ1n) is 5.52. The van der Waals surface area contributed by atoms with Gasteiger partial charge in [0, 0.05) is 32.7 Å². The third-order valence-electron chi connectivity index (χ3n) is 2.59. The molecule has 1 aliphatic heterocycles. The van der Waals surface area contributed by atoms with Gasteiger partial charge in [-0.05, 0) is 26.8 Å². The fourth-order valence-corrected chi connectivity index (χ4v) is 1.83. The second kappa shape index (κ2) is 5.42. The van der Waals surface area contributed by atoms with Crippen LogP contribution in [0, 0.1) is 0 Å². The van der Waals surface area contributed by atoms with Crippen LogP contribution in [-0.2, 0) is 14.3 Å². The Hall–Kier alpha value is -0.670. The average molecular weight is 212 g/mol. The summed E-state index contributed by atoms with van der Waals surface area (Å²) in [4.78, 5) is 12.1. The number of ketones is 1. The first kappa shape index (κ1) is 12.4. The SMILES string of the molecule is CCOC1(C(=O)C=C(C)C)CCOCC1. The van der Waals surface area contributed by atoms with Gasteiger partial charge in [-0.25, -0.2) is 0 Å². The van der Waals surface area contributed by atoms with Crippen molar-refractivity contribution in [2.24, 2.45) is 0 Å². The molecule has 0 amide bonds. The molecular formula is C12H20O3. The third kappa shape index (κ3) is 3.14. The minimum atomic E-state index is -0.621. The van der Waals surface area contributed by atoms with Crippen molar-refractivity contribution in [2.45, 2.75) is 39.2 Å². The van der Waals surface area contributed by atoms with E-state index in [1.165, 1.54) is 0 Å². The zero-order valence-electron chi connectivity index (χ0n) is 9.84. The minimum Gasteiger partial charge on any atom is -0.381 e. The zero-order valence-corrected chi connectivity index (χ0v) is 9.84. The molecule has 1 fully saturated rings. The van der Waals surface area contributed by atoms with E-state index < -0.39 is 5.60 Å². The number of hydrogen-bond acceptors (Lipinski definition) is 3. The fourth-order valence-electron chi connectivity index (χ4n) is 1.83. The van der Waals surface area contributed by atoms with E-state index in [1.54, 1.807) is 6.08 Å². The van der Waals surface area contributed by atoms with Gasteiger partial charge < -0.3 is 9.47 Å². The Morgan fingerprint density at radius 3 is 2.47 bits per heavy atom. The first-order chi connectivity index (χ1) is 7.10. The molecule has 1 saturated heterocycles. The van der Waals surface area contributed by atoms with Gasteiger partial charge in [0.1, 0.15) is 5.60 Å². The topological polar surface area (TPSA) is 35.5 Å². The molecule has 0 aromatic heterocycles. The largest absolute Gasteiger partial charge is 0.381 e. The molecule has 0 radical (unpaired) electrons. The molecule has 0 saturated carbocycles. The maximum absolute atomic E-state index is 12.1. The zero-order chi connectivity index (χ0) is 11.3. The molecule has 86 valence electrons. The van der Waals surface area contributed by atoms with E-state index in [4.69, 9.17) is 9.47 Å². The molecule has 0 aromatic rings. The molecule has 0 atom stereocenters. The van der Waals surface area contributed by atoms with Crippen LogP contribution in [0.5, 0.6) is 0 Å². The summed E-state index contributed by atoms with van der Waals surface area (Å²) in [5.41, 5.74) is 0.398. The van der Waals surface area contributed by atoms with Gasteiger partial charge in [0.25, 0.3) is 0 Å². The summed E-state index contributed by atoms with van der Waals surface area (Å²) < 4.78 is 10.9. The summed E-state index contributed by atoms with van der Waals surface area (Å²) in [6.45, 7) is 7.58. The normalized spacial score (nSPS) is 19.7. The van der Waals surface area contributed by atoms with Crippen LogP contribution in [0.2, 0.25) is 0 Å². The molecule has 0 spiro atoms. The van der Waals surface area contributed by atoms with Gasteiger partial charge in [0.2, 0.25) is 0 Å². The molecule has 0 N–H and O–H groups in total. The smallest absolute Gasteiger partial charge is 0.187 e. The maximum atomic E-state index is 12.1. The van der Waals surface area contributed by atoms with Crippen LogP contribution in [-0.4, -0.2) is 31.2 Å². The lowest BCUT2D eigenvalue weighted by atomic mass is 9.88. The lowest BCUT2D eigenvalue weighted by Crippen LogP contribution is -2.45. The Bertz CT molecular complexity index is 240. The number of rotatable bonds is 4. The summed E-state index contributed by atoms with van der Waals surface area (Å²) in [5.74, 6) is 0.0904. The Morgan fingerprint density at radius 1 is 1.40 bits per heavy atom. The van der Waals surface area contributed by atoms with Crippen molar-refractivity contribution in [2.75, 3.05) is 19.8 Å². The maximum Gasteiger partial charge on any atom is 0.187 e. The van der Waals surface area contributed by atoms with Gasteiger partial charge in [0.15, 0.2) is 5.78 Å². The number of carbonyl (C=O) groups is 1. The molecule has 0 bridgehead atoms. The summed E-state index contributed by atoms with van der Waals surface area (Å²) in [6, 6.07) is 0. The van der Waals surface area contributed by atoms with Gasteiger partial charge in [-0.2, -0.15) is 0 Å². The van der Waals surface area contributed by atoms with E-state index in [9.17, 15) is 4.79 Å². The van der Waals surface area contributed by atoms with Crippen molar-refractivity contribution < 1.29 is 14.3 Å². The van der Waals surface area contributed by atoms with Crippen molar-refractivity contribution in [1.29, 1.82) is 0 Å².